The third-order valence-electron chi connectivity index (χ3n) is 3.06. The van der Waals surface area contributed by atoms with E-state index in [1.807, 2.05) is 0 Å². The molecule has 1 aromatic rings. The van der Waals surface area contributed by atoms with Gasteiger partial charge in [0, 0.05) is 12.2 Å². The highest BCUT2D eigenvalue weighted by Gasteiger charge is 2.18. The zero-order chi connectivity index (χ0) is 9.26. The fraction of sp³-hybridized carbons (Fsp3) is 0.727. The molecule has 1 atom stereocenters. The zero-order valence-corrected chi connectivity index (χ0v) is 8.58. The summed E-state index contributed by atoms with van der Waals surface area (Å²) in [5, 5.41) is 4.45. The van der Waals surface area contributed by atoms with Crippen molar-refractivity contribution in [3.63, 3.8) is 0 Å². The maximum absolute atomic E-state index is 4.45. The summed E-state index contributed by atoms with van der Waals surface area (Å²) in [7, 11) is 0. The molecule has 72 valence electrons. The van der Waals surface area contributed by atoms with Crippen LogP contribution in [0.15, 0.2) is 6.20 Å². The molecule has 2 rings (SSSR count). The van der Waals surface area contributed by atoms with Crippen LogP contribution in [0.2, 0.25) is 0 Å². The summed E-state index contributed by atoms with van der Waals surface area (Å²) in [5.41, 5.74) is 2.95. The fourth-order valence-electron chi connectivity index (χ4n) is 2.30. The first-order valence-corrected chi connectivity index (χ1v) is 5.37. The van der Waals surface area contributed by atoms with Gasteiger partial charge in [0.05, 0.1) is 6.20 Å². The van der Waals surface area contributed by atoms with Crippen molar-refractivity contribution in [1.82, 2.24) is 9.78 Å². The molecule has 2 nitrogen and oxygen atoms in total. The smallest absolute Gasteiger partial charge is 0.0524 e. The van der Waals surface area contributed by atoms with Gasteiger partial charge < -0.3 is 0 Å². The number of aromatic nitrogens is 2. The highest BCUT2D eigenvalue weighted by molar-refractivity contribution is 5.21. The minimum Gasteiger partial charge on any atom is -0.269 e. The summed E-state index contributed by atoms with van der Waals surface area (Å²) >= 11 is 0. The van der Waals surface area contributed by atoms with E-state index in [-0.39, 0.29) is 0 Å². The Balaban J connectivity index is 2.39. The van der Waals surface area contributed by atoms with Crippen LogP contribution in [-0.2, 0) is 13.0 Å². The third kappa shape index (κ3) is 1.50. The molecule has 0 N–H and O–H groups in total. The molecule has 0 amide bonds. The maximum atomic E-state index is 4.45. The first-order valence-electron chi connectivity index (χ1n) is 5.37. The van der Waals surface area contributed by atoms with Crippen LogP contribution in [0.3, 0.4) is 0 Å². The molecule has 0 spiro atoms. The van der Waals surface area contributed by atoms with Gasteiger partial charge in [-0.2, -0.15) is 5.10 Å². The molecule has 2 heteroatoms. The first-order chi connectivity index (χ1) is 6.33. The van der Waals surface area contributed by atoms with Gasteiger partial charge in [-0.3, -0.25) is 4.68 Å². The number of rotatable bonds is 1. The Kier molecular flexibility index (Phi) is 2.38. The molecule has 1 aliphatic heterocycles. The molecule has 1 aliphatic rings. The molecule has 0 radical (unpaired) electrons. The summed E-state index contributed by atoms with van der Waals surface area (Å²) in [6.07, 6.45) is 7.16. The van der Waals surface area contributed by atoms with Crippen LogP contribution in [-0.4, -0.2) is 9.78 Å². The minimum atomic E-state index is 0.708. The Hall–Kier alpha value is -0.790. The summed E-state index contributed by atoms with van der Waals surface area (Å²) in [4.78, 5) is 0. The van der Waals surface area contributed by atoms with E-state index in [0.29, 0.717) is 5.92 Å². The lowest BCUT2D eigenvalue weighted by Gasteiger charge is -2.10. The van der Waals surface area contributed by atoms with E-state index in [1.54, 1.807) is 0 Å². The Morgan fingerprint density at radius 3 is 3.15 bits per heavy atom. The molecule has 0 unspecified atom stereocenters. The van der Waals surface area contributed by atoms with Crippen molar-refractivity contribution in [3.8, 4) is 0 Å². The highest BCUT2D eigenvalue weighted by atomic mass is 15.3. The lowest BCUT2D eigenvalue weighted by molar-refractivity contribution is 0.575. The van der Waals surface area contributed by atoms with Gasteiger partial charge in [-0.1, -0.05) is 20.3 Å². The zero-order valence-electron chi connectivity index (χ0n) is 8.58. The van der Waals surface area contributed by atoms with Crippen molar-refractivity contribution >= 4 is 0 Å². The van der Waals surface area contributed by atoms with Gasteiger partial charge in [0.2, 0.25) is 0 Å². The summed E-state index contributed by atoms with van der Waals surface area (Å²) in [6, 6.07) is 0. The topological polar surface area (TPSA) is 17.8 Å². The van der Waals surface area contributed by atoms with Crippen molar-refractivity contribution in [1.29, 1.82) is 0 Å². The lowest BCUT2D eigenvalue weighted by atomic mass is 9.98. The predicted octanol–water partition coefficient (Wildman–Crippen LogP) is 2.73. The molecule has 0 fully saturated rings. The third-order valence-corrected chi connectivity index (χ3v) is 3.06. The standard InChI is InChI=1S/C11H18N2/c1-3-10-8-12-13-7-5-4-6-9(2)11(10)13/h8-9H,3-7H2,1-2H3/t9-/m0/s1. The van der Waals surface area contributed by atoms with Crippen LogP contribution in [0.4, 0.5) is 0 Å². The average molecular weight is 178 g/mol. The van der Waals surface area contributed by atoms with Gasteiger partial charge in [0.25, 0.3) is 0 Å². The molecule has 0 saturated carbocycles. The Morgan fingerprint density at radius 1 is 1.54 bits per heavy atom. The average Bonchev–Trinajstić information content (AvgIpc) is 2.47. The van der Waals surface area contributed by atoms with Crippen molar-refractivity contribution in [3.05, 3.63) is 17.5 Å². The minimum absolute atomic E-state index is 0.708. The number of aryl methyl sites for hydroxylation is 2. The van der Waals surface area contributed by atoms with E-state index in [1.165, 1.54) is 30.5 Å². The predicted molar refractivity (Wildman–Crippen MR) is 53.9 cm³/mol. The van der Waals surface area contributed by atoms with Crippen molar-refractivity contribution in [2.45, 2.75) is 52.0 Å². The summed E-state index contributed by atoms with van der Waals surface area (Å²) in [5.74, 6) is 0.708. The summed E-state index contributed by atoms with van der Waals surface area (Å²) in [6.45, 7) is 5.67. The van der Waals surface area contributed by atoms with Crippen molar-refractivity contribution in [2.75, 3.05) is 0 Å². The molecule has 0 aromatic carbocycles. The van der Waals surface area contributed by atoms with Gasteiger partial charge in [-0.05, 0) is 30.7 Å². The van der Waals surface area contributed by atoms with E-state index in [0.717, 1.165) is 13.0 Å². The van der Waals surface area contributed by atoms with Gasteiger partial charge >= 0.3 is 0 Å². The van der Waals surface area contributed by atoms with Crippen molar-refractivity contribution in [2.24, 2.45) is 0 Å². The Labute approximate surface area is 80.0 Å². The van der Waals surface area contributed by atoms with E-state index >= 15 is 0 Å². The number of hydrogen-bond donors (Lipinski definition) is 0. The lowest BCUT2D eigenvalue weighted by Crippen LogP contribution is -2.05. The van der Waals surface area contributed by atoms with Gasteiger partial charge in [0.15, 0.2) is 0 Å². The van der Waals surface area contributed by atoms with E-state index in [9.17, 15) is 0 Å². The molecular formula is C11H18N2. The van der Waals surface area contributed by atoms with Crippen LogP contribution in [0.5, 0.6) is 0 Å². The monoisotopic (exact) mass is 178 g/mol. The largest absolute Gasteiger partial charge is 0.269 e. The molecule has 0 aliphatic carbocycles. The second kappa shape index (κ2) is 3.52. The molecule has 2 heterocycles. The van der Waals surface area contributed by atoms with E-state index in [4.69, 9.17) is 0 Å². The van der Waals surface area contributed by atoms with E-state index < -0.39 is 0 Å². The SMILES string of the molecule is CCc1cnn2c1[C@@H](C)CCCC2. The second-order valence-corrected chi connectivity index (χ2v) is 4.03. The molecule has 1 aromatic heterocycles. The number of hydrogen-bond acceptors (Lipinski definition) is 1. The Bertz CT molecular complexity index is 288. The number of fused-ring (bicyclic) bond motifs is 1. The van der Waals surface area contributed by atoms with Crippen LogP contribution in [0.25, 0.3) is 0 Å². The van der Waals surface area contributed by atoms with Gasteiger partial charge in [-0.15, -0.1) is 0 Å². The first kappa shape index (κ1) is 8.79. The van der Waals surface area contributed by atoms with Crippen LogP contribution >= 0.6 is 0 Å². The fourth-order valence-corrected chi connectivity index (χ4v) is 2.30. The van der Waals surface area contributed by atoms with Crippen LogP contribution < -0.4 is 0 Å². The second-order valence-electron chi connectivity index (χ2n) is 4.03. The van der Waals surface area contributed by atoms with Gasteiger partial charge in [0.1, 0.15) is 0 Å². The summed E-state index contributed by atoms with van der Waals surface area (Å²) < 4.78 is 2.22. The van der Waals surface area contributed by atoms with Crippen molar-refractivity contribution < 1.29 is 0 Å². The molecule has 13 heavy (non-hydrogen) atoms. The normalized spacial score (nSPS) is 22.5. The van der Waals surface area contributed by atoms with Crippen LogP contribution in [0, 0.1) is 0 Å². The highest BCUT2D eigenvalue weighted by Crippen LogP contribution is 2.28. The number of nitrogens with zero attached hydrogens (tertiary/aromatic N) is 2. The van der Waals surface area contributed by atoms with Crippen LogP contribution in [0.1, 0.15) is 50.3 Å². The Morgan fingerprint density at radius 2 is 2.38 bits per heavy atom. The van der Waals surface area contributed by atoms with Gasteiger partial charge in [-0.25, -0.2) is 0 Å². The molecule has 0 saturated heterocycles. The van der Waals surface area contributed by atoms with E-state index in [2.05, 4.69) is 29.8 Å². The quantitative estimate of drug-likeness (QED) is 0.646. The molecule has 0 bridgehead atoms. The molecular weight excluding hydrogens is 160 g/mol. The maximum Gasteiger partial charge on any atom is 0.0524 e.